The molecule has 2 aliphatic rings. The summed E-state index contributed by atoms with van der Waals surface area (Å²) in [7, 11) is 1.33. The van der Waals surface area contributed by atoms with Crippen molar-refractivity contribution in [2.45, 2.75) is 44.4 Å². The van der Waals surface area contributed by atoms with E-state index >= 15 is 0 Å². The van der Waals surface area contributed by atoms with Crippen LogP contribution in [0.25, 0.3) is 0 Å². The topological polar surface area (TPSA) is 67.9 Å². The van der Waals surface area contributed by atoms with Crippen molar-refractivity contribution in [3.8, 4) is 0 Å². The number of ether oxygens (including phenoxy) is 2. The molecule has 0 aromatic heterocycles. The average molecular weight is 636 g/mol. The quantitative estimate of drug-likeness (QED) is 0.199. The Labute approximate surface area is 271 Å². The molecule has 8 heteroatoms. The minimum absolute atomic E-state index is 0. The van der Waals surface area contributed by atoms with Crippen molar-refractivity contribution < 1.29 is 19.1 Å². The van der Waals surface area contributed by atoms with Gasteiger partial charge in [0.1, 0.15) is 0 Å². The van der Waals surface area contributed by atoms with Gasteiger partial charge in [-0.25, -0.2) is 9.59 Å². The lowest BCUT2D eigenvalue weighted by Crippen LogP contribution is -2.43. The van der Waals surface area contributed by atoms with Gasteiger partial charge in [0.2, 0.25) is 0 Å². The van der Waals surface area contributed by atoms with Crippen molar-refractivity contribution in [3.05, 3.63) is 129 Å². The number of dihydropyridines is 1. The number of esters is 2. The molecule has 1 N–H and O–H groups in total. The molecule has 232 valence electrons. The van der Waals surface area contributed by atoms with Crippen LogP contribution in [-0.4, -0.2) is 50.2 Å². The predicted molar refractivity (Wildman–Crippen MR) is 177 cm³/mol. The molecule has 1 unspecified atom stereocenters. The Hall–Kier alpha value is -3.58. The fourth-order valence-electron chi connectivity index (χ4n) is 6.61. The van der Waals surface area contributed by atoms with Gasteiger partial charge in [-0.2, -0.15) is 0 Å². The van der Waals surface area contributed by atoms with Crippen LogP contribution in [-0.2, 0) is 24.5 Å². The third-order valence-electron chi connectivity index (χ3n) is 8.82. The summed E-state index contributed by atoms with van der Waals surface area (Å²) in [4.78, 5) is 28.9. The number of hydrogen-bond donors (Lipinski definition) is 1. The first-order valence-electron chi connectivity index (χ1n) is 14.9. The standard InChI is InChI=1S/C36H39ClN2O4.ClH/c1-25-31(34(40)42-3)33(29-17-10-11-18-30(29)37)32(26(2)38-25)35(41)43-24-12-21-39-22-19-36(20-23-39,27-13-6-4-7-14-27)28-15-8-5-9-16-28;/h4-11,13-18,33,38H,12,19-24H2,1-3H3;1H. The Kier molecular flexibility index (Phi) is 11.3. The number of nitrogens with one attached hydrogen (secondary N) is 1. The average Bonchev–Trinajstić information content (AvgIpc) is 3.04. The predicted octanol–water partition coefficient (Wildman–Crippen LogP) is 7.19. The number of allylic oxidation sites excluding steroid dienone is 2. The van der Waals surface area contributed by atoms with E-state index in [2.05, 4.69) is 70.9 Å². The number of halogens is 2. The Balaban J connectivity index is 0.00000442. The molecule has 0 spiro atoms. The SMILES string of the molecule is COC(=O)C1=C(C)NC(C)=C(C(=O)OCCCN2CCC(c3ccccc3)(c3ccccc3)CC2)C1c1ccccc1Cl.Cl. The van der Waals surface area contributed by atoms with Gasteiger partial charge in [-0.05, 0) is 69.0 Å². The van der Waals surface area contributed by atoms with E-state index in [-0.39, 0.29) is 24.4 Å². The molecule has 1 atom stereocenters. The number of methoxy groups -OCH3 is 1. The highest BCUT2D eigenvalue weighted by molar-refractivity contribution is 6.31. The molecule has 3 aromatic rings. The molecule has 2 heterocycles. The molecule has 6 nitrogen and oxygen atoms in total. The van der Waals surface area contributed by atoms with Crippen LogP contribution in [0, 0.1) is 0 Å². The molecular weight excluding hydrogens is 595 g/mol. The largest absolute Gasteiger partial charge is 0.466 e. The zero-order chi connectivity index (χ0) is 30.4. The fraction of sp³-hybridized carbons (Fsp3) is 0.333. The Morgan fingerprint density at radius 1 is 0.841 bits per heavy atom. The number of benzene rings is 3. The van der Waals surface area contributed by atoms with E-state index < -0.39 is 17.9 Å². The highest BCUT2D eigenvalue weighted by Gasteiger charge is 2.39. The molecule has 3 aromatic carbocycles. The van der Waals surface area contributed by atoms with E-state index in [1.165, 1.54) is 18.2 Å². The van der Waals surface area contributed by atoms with E-state index in [0.717, 1.165) is 32.5 Å². The zero-order valence-electron chi connectivity index (χ0n) is 25.5. The van der Waals surface area contributed by atoms with Crippen molar-refractivity contribution >= 4 is 35.9 Å². The van der Waals surface area contributed by atoms with Crippen LogP contribution in [0.4, 0.5) is 0 Å². The van der Waals surface area contributed by atoms with Crippen LogP contribution in [0.15, 0.2) is 107 Å². The van der Waals surface area contributed by atoms with Crippen LogP contribution >= 0.6 is 24.0 Å². The van der Waals surface area contributed by atoms with Crippen LogP contribution in [0.1, 0.15) is 55.7 Å². The van der Waals surface area contributed by atoms with E-state index in [1.54, 1.807) is 13.0 Å². The lowest BCUT2D eigenvalue weighted by molar-refractivity contribution is -0.139. The third-order valence-corrected chi connectivity index (χ3v) is 9.16. The molecule has 0 amide bonds. The van der Waals surface area contributed by atoms with Crippen molar-refractivity contribution in [3.63, 3.8) is 0 Å². The number of hydrogen-bond acceptors (Lipinski definition) is 6. The summed E-state index contributed by atoms with van der Waals surface area (Å²) in [6.07, 6.45) is 2.77. The molecule has 44 heavy (non-hydrogen) atoms. The van der Waals surface area contributed by atoms with Crippen LogP contribution in [0.5, 0.6) is 0 Å². The number of piperidine rings is 1. The van der Waals surface area contributed by atoms with E-state index in [9.17, 15) is 9.59 Å². The van der Waals surface area contributed by atoms with Crippen LogP contribution in [0.3, 0.4) is 0 Å². The summed E-state index contributed by atoms with van der Waals surface area (Å²) in [6.45, 7) is 6.66. The summed E-state index contributed by atoms with van der Waals surface area (Å²) >= 11 is 6.57. The lowest BCUT2D eigenvalue weighted by atomic mass is 9.68. The van der Waals surface area contributed by atoms with Gasteiger partial charge in [0.15, 0.2) is 0 Å². The van der Waals surface area contributed by atoms with Crippen LogP contribution in [0.2, 0.25) is 5.02 Å². The van der Waals surface area contributed by atoms with Crippen LogP contribution < -0.4 is 5.32 Å². The second-order valence-corrected chi connectivity index (χ2v) is 11.7. The molecule has 0 aliphatic carbocycles. The molecule has 1 saturated heterocycles. The molecule has 5 rings (SSSR count). The molecule has 1 fully saturated rings. The van der Waals surface area contributed by atoms with Gasteiger partial charge in [-0.1, -0.05) is 90.5 Å². The number of rotatable bonds is 9. The lowest BCUT2D eigenvalue weighted by Gasteiger charge is -2.43. The van der Waals surface area contributed by atoms with Gasteiger partial charge >= 0.3 is 11.9 Å². The first-order chi connectivity index (χ1) is 20.9. The van der Waals surface area contributed by atoms with E-state index in [4.69, 9.17) is 21.1 Å². The highest BCUT2D eigenvalue weighted by atomic mass is 35.5. The number of carbonyl (C=O) groups excluding carboxylic acids is 2. The third kappa shape index (κ3) is 6.88. The zero-order valence-corrected chi connectivity index (χ0v) is 27.0. The second-order valence-electron chi connectivity index (χ2n) is 11.3. The normalized spacial score (nSPS) is 18.2. The summed E-state index contributed by atoms with van der Waals surface area (Å²) in [5, 5.41) is 3.64. The van der Waals surface area contributed by atoms with Gasteiger partial charge in [0, 0.05) is 28.4 Å². The maximum atomic E-state index is 13.6. The molecular formula is C36H40Cl2N2O4. The maximum Gasteiger partial charge on any atom is 0.336 e. The summed E-state index contributed by atoms with van der Waals surface area (Å²) in [6, 6.07) is 28.9. The van der Waals surface area contributed by atoms with E-state index in [1.807, 2.05) is 25.1 Å². The minimum atomic E-state index is -0.693. The Morgan fingerprint density at radius 3 is 1.91 bits per heavy atom. The smallest absolute Gasteiger partial charge is 0.336 e. The van der Waals surface area contributed by atoms with Crippen molar-refractivity contribution in [2.75, 3.05) is 33.4 Å². The second kappa shape index (κ2) is 14.9. The van der Waals surface area contributed by atoms with E-state index in [0.29, 0.717) is 39.5 Å². The fourth-order valence-corrected chi connectivity index (χ4v) is 6.86. The first-order valence-corrected chi connectivity index (χ1v) is 15.3. The Morgan fingerprint density at radius 2 is 1.36 bits per heavy atom. The monoisotopic (exact) mass is 634 g/mol. The number of nitrogens with zero attached hydrogens (tertiary/aromatic N) is 1. The summed E-state index contributed by atoms with van der Waals surface area (Å²) in [5.41, 5.74) is 5.36. The minimum Gasteiger partial charge on any atom is -0.466 e. The first kappa shape index (κ1) is 33.3. The number of likely N-dealkylation sites (tertiary alicyclic amines) is 1. The van der Waals surface area contributed by atoms with Gasteiger partial charge in [0.05, 0.1) is 30.8 Å². The van der Waals surface area contributed by atoms with Gasteiger partial charge in [-0.3, -0.25) is 0 Å². The molecule has 0 bridgehead atoms. The van der Waals surface area contributed by atoms with Crippen molar-refractivity contribution in [1.29, 1.82) is 0 Å². The molecule has 0 saturated carbocycles. The van der Waals surface area contributed by atoms with Crippen molar-refractivity contribution in [2.24, 2.45) is 0 Å². The van der Waals surface area contributed by atoms with Crippen molar-refractivity contribution in [1.82, 2.24) is 10.2 Å². The molecule has 2 aliphatic heterocycles. The number of carbonyl (C=O) groups is 2. The summed E-state index contributed by atoms with van der Waals surface area (Å²) < 4.78 is 10.9. The highest BCUT2D eigenvalue weighted by Crippen LogP contribution is 2.43. The summed E-state index contributed by atoms with van der Waals surface area (Å²) in [5.74, 6) is -1.67. The molecule has 0 radical (unpaired) electrons. The Bertz CT molecular complexity index is 1470. The van der Waals surface area contributed by atoms with Gasteiger partial charge in [-0.15, -0.1) is 12.4 Å². The van der Waals surface area contributed by atoms with Gasteiger partial charge in [0.25, 0.3) is 0 Å². The maximum absolute atomic E-state index is 13.6. The van der Waals surface area contributed by atoms with Gasteiger partial charge < -0.3 is 19.7 Å².